The summed E-state index contributed by atoms with van der Waals surface area (Å²) in [7, 11) is 0. The molecule has 0 fully saturated rings. The number of allylic oxidation sites excluding steroid dienone is 2. The molecule has 2 aromatic heterocycles. The number of thiophene rings is 1. The number of unbranched alkanes of at least 4 members (excludes halogenated alkanes) is 1. The van der Waals surface area contributed by atoms with E-state index >= 15 is 0 Å². The Morgan fingerprint density at radius 2 is 2.03 bits per heavy atom. The molecule has 0 bridgehead atoms. The van der Waals surface area contributed by atoms with Crippen LogP contribution in [0.4, 0.5) is 4.79 Å². The quantitative estimate of drug-likeness (QED) is 0.254. The summed E-state index contributed by atoms with van der Waals surface area (Å²) >= 11 is 1.62. The molecule has 33 heavy (non-hydrogen) atoms. The first-order chi connectivity index (χ1) is 15.8. The van der Waals surface area contributed by atoms with E-state index in [-0.39, 0.29) is 17.2 Å². The summed E-state index contributed by atoms with van der Waals surface area (Å²) in [6.07, 6.45) is 8.34. The van der Waals surface area contributed by atoms with Crippen molar-refractivity contribution in [3.8, 4) is 5.75 Å². The van der Waals surface area contributed by atoms with Crippen LogP contribution in [-0.4, -0.2) is 22.1 Å². The Hall–Kier alpha value is -3.13. The Balaban J connectivity index is 2.17. The highest BCUT2D eigenvalue weighted by Gasteiger charge is 2.23. The van der Waals surface area contributed by atoms with E-state index in [4.69, 9.17) is 9.52 Å². The number of Topliss-reactive ketones (excluding diaryl/α,β-unsaturated/α-hetero) is 1. The van der Waals surface area contributed by atoms with Crippen LogP contribution in [0.5, 0.6) is 5.75 Å². The van der Waals surface area contributed by atoms with Gasteiger partial charge in [-0.2, -0.15) is 0 Å². The molecular weight excluding hydrogens is 442 g/mol. The van der Waals surface area contributed by atoms with Gasteiger partial charge in [-0.3, -0.25) is 10.1 Å². The van der Waals surface area contributed by atoms with E-state index in [2.05, 4.69) is 18.3 Å². The highest BCUT2D eigenvalue weighted by atomic mass is 32.1. The van der Waals surface area contributed by atoms with Gasteiger partial charge in [-0.25, -0.2) is 9.59 Å². The second-order valence-electron chi connectivity index (χ2n) is 7.79. The van der Waals surface area contributed by atoms with Gasteiger partial charge in [0.2, 0.25) is 0 Å². The van der Waals surface area contributed by atoms with Crippen LogP contribution < -0.4 is 10.9 Å². The lowest BCUT2D eigenvalue weighted by atomic mass is 9.98. The van der Waals surface area contributed by atoms with E-state index in [1.54, 1.807) is 23.5 Å². The van der Waals surface area contributed by atoms with E-state index in [0.29, 0.717) is 24.8 Å². The second kappa shape index (κ2) is 12.8. The van der Waals surface area contributed by atoms with E-state index in [1.165, 1.54) is 17.1 Å². The molecule has 0 aliphatic carbocycles. The number of amides is 1. The summed E-state index contributed by atoms with van der Waals surface area (Å²) in [4.78, 5) is 38.2. The fourth-order valence-corrected chi connectivity index (χ4v) is 4.29. The Labute approximate surface area is 197 Å². The van der Waals surface area contributed by atoms with Crippen molar-refractivity contribution in [3.63, 3.8) is 0 Å². The largest absolute Gasteiger partial charge is 0.507 e. The topological polar surface area (TPSA) is 117 Å². The fourth-order valence-electron chi connectivity index (χ4n) is 3.27. The monoisotopic (exact) mass is 473 g/mol. The van der Waals surface area contributed by atoms with Gasteiger partial charge in [-0.05, 0) is 50.3 Å². The number of rotatable bonds is 12. The van der Waals surface area contributed by atoms with Crippen LogP contribution in [0.25, 0.3) is 6.08 Å². The summed E-state index contributed by atoms with van der Waals surface area (Å²) < 4.78 is 5.37. The van der Waals surface area contributed by atoms with Gasteiger partial charge in [-0.15, -0.1) is 11.3 Å². The molecule has 8 heteroatoms. The van der Waals surface area contributed by atoms with Crippen LogP contribution in [0.3, 0.4) is 0 Å². The van der Waals surface area contributed by atoms with Gasteiger partial charge in [0.15, 0.2) is 5.78 Å². The van der Waals surface area contributed by atoms with Crippen molar-refractivity contribution < 1.29 is 24.2 Å². The molecule has 0 saturated heterocycles. The van der Waals surface area contributed by atoms with Crippen molar-refractivity contribution in [2.75, 3.05) is 0 Å². The number of carboxylic acid groups (broad SMARTS) is 1. The maximum absolute atomic E-state index is 13.0. The molecule has 2 rings (SSSR count). The first-order valence-corrected chi connectivity index (χ1v) is 11.9. The Morgan fingerprint density at radius 1 is 1.27 bits per heavy atom. The molecule has 2 aromatic rings. The summed E-state index contributed by atoms with van der Waals surface area (Å²) in [5.74, 6) is -0.866. The molecule has 178 valence electrons. The van der Waals surface area contributed by atoms with Crippen molar-refractivity contribution in [1.82, 2.24) is 5.32 Å². The fraction of sp³-hybridized carbons (Fsp3) is 0.400. The average molecular weight is 474 g/mol. The Bertz CT molecular complexity index is 1080. The van der Waals surface area contributed by atoms with Gasteiger partial charge in [0.05, 0.1) is 0 Å². The summed E-state index contributed by atoms with van der Waals surface area (Å²) in [5, 5.41) is 21.1. The third-order valence-corrected chi connectivity index (χ3v) is 6.29. The molecule has 2 heterocycles. The lowest BCUT2D eigenvalue weighted by molar-refractivity contribution is 0.102. The molecule has 0 aliphatic rings. The lowest BCUT2D eigenvalue weighted by Crippen LogP contribution is -2.17. The number of aromatic hydroxyl groups is 1. The van der Waals surface area contributed by atoms with E-state index in [0.717, 1.165) is 24.1 Å². The van der Waals surface area contributed by atoms with Gasteiger partial charge in [0.25, 0.3) is 0 Å². The number of aryl methyl sites for hydroxylation is 1. The van der Waals surface area contributed by atoms with Crippen LogP contribution in [-0.2, 0) is 6.42 Å². The van der Waals surface area contributed by atoms with E-state index < -0.39 is 23.3 Å². The predicted octanol–water partition coefficient (Wildman–Crippen LogP) is 6.09. The van der Waals surface area contributed by atoms with Crippen molar-refractivity contribution in [2.24, 2.45) is 0 Å². The maximum atomic E-state index is 13.0. The molecule has 7 nitrogen and oxygen atoms in total. The smallest absolute Gasteiger partial charge is 0.408 e. The minimum Gasteiger partial charge on any atom is -0.507 e. The van der Waals surface area contributed by atoms with Gasteiger partial charge >= 0.3 is 11.7 Å². The molecule has 0 radical (unpaired) electrons. The highest BCUT2D eigenvalue weighted by Crippen LogP contribution is 2.28. The summed E-state index contributed by atoms with van der Waals surface area (Å²) in [6, 6.07) is 5.34. The summed E-state index contributed by atoms with van der Waals surface area (Å²) in [6.45, 7) is 5.79. The standard InChI is InChI=1S/C25H31NO6S/c1-4-6-10-18-11-12-19(33-18)14-17(5-2)23(28)22-20(27)15-21(32-24(22)29)16(3)9-7-8-13-26-25(30)31/h8,11-16,26-27H,4-7,9-10H2,1-3H3,(H,30,31). The van der Waals surface area contributed by atoms with Crippen LogP contribution in [0.2, 0.25) is 0 Å². The molecule has 0 saturated carbocycles. The van der Waals surface area contributed by atoms with Gasteiger partial charge < -0.3 is 14.6 Å². The minimum absolute atomic E-state index is 0.212. The lowest BCUT2D eigenvalue weighted by Gasteiger charge is -2.11. The Kier molecular flexibility index (Phi) is 10.1. The van der Waals surface area contributed by atoms with Crippen LogP contribution >= 0.6 is 11.3 Å². The number of carbonyl (C=O) groups is 2. The zero-order valence-electron chi connectivity index (χ0n) is 19.2. The second-order valence-corrected chi connectivity index (χ2v) is 8.99. The van der Waals surface area contributed by atoms with Crippen molar-refractivity contribution in [2.45, 2.75) is 65.2 Å². The molecule has 1 amide bonds. The number of hydrogen-bond donors (Lipinski definition) is 3. The van der Waals surface area contributed by atoms with Crippen molar-refractivity contribution in [1.29, 1.82) is 0 Å². The third-order valence-electron chi connectivity index (χ3n) is 5.20. The molecular formula is C25H31NO6S. The normalized spacial score (nSPS) is 12.8. The molecule has 0 aromatic carbocycles. The first-order valence-electron chi connectivity index (χ1n) is 11.1. The number of carbonyl (C=O) groups excluding carboxylic acids is 1. The van der Waals surface area contributed by atoms with Crippen molar-refractivity contribution >= 4 is 29.3 Å². The molecule has 0 aliphatic heterocycles. The summed E-state index contributed by atoms with van der Waals surface area (Å²) in [5.41, 5.74) is -0.787. The Morgan fingerprint density at radius 3 is 2.67 bits per heavy atom. The van der Waals surface area contributed by atoms with Gasteiger partial charge in [0, 0.05) is 33.5 Å². The zero-order valence-corrected chi connectivity index (χ0v) is 20.0. The molecule has 1 unspecified atom stereocenters. The van der Waals surface area contributed by atoms with Crippen molar-refractivity contribution in [3.05, 3.63) is 67.5 Å². The molecule has 3 N–H and O–H groups in total. The van der Waals surface area contributed by atoms with E-state index in [1.807, 2.05) is 19.9 Å². The minimum atomic E-state index is -1.15. The molecule has 0 spiro atoms. The van der Waals surface area contributed by atoms with E-state index in [9.17, 15) is 19.5 Å². The average Bonchev–Trinajstić information content (AvgIpc) is 3.22. The third kappa shape index (κ3) is 7.75. The number of nitrogens with one attached hydrogen (secondary N) is 1. The van der Waals surface area contributed by atoms with Gasteiger partial charge in [-0.1, -0.05) is 33.3 Å². The van der Waals surface area contributed by atoms with Gasteiger partial charge in [0.1, 0.15) is 17.1 Å². The molecule has 1 atom stereocenters. The number of ketones is 1. The number of hydrogen-bond acceptors (Lipinski definition) is 6. The highest BCUT2D eigenvalue weighted by molar-refractivity contribution is 7.12. The predicted molar refractivity (Wildman–Crippen MR) is 130 cm³/mol. The zero-order chi connectivity index (χ0) is 24.4. The van der Waals surface area contributed by atoms with Crippen LogP contribution in [0.15, 0.2) is 45.3 Å². The van der Waals surface area contributed by atoms with Crippen LogP contribution in [0, 0.1) is 0 Å². The first kappa shape index (κ1) is 26.1. The SMILES string of the molecule is CCCCc1ccc(C=C(CC)C(=O)c2c(O)cc(C(C)CCC=CNC(=O)O)oc2=O)s1. The van der Waals surface area contributed by atoms with Crippen LogP contribution in [0.1, 0.15) is 84.7 Å². The maximum Gasteiger partial charge on any atom is 0.408 e.